The standard InChI is InChI=1S/C28H33N3O5/c1-18(2)31(28(33)29-23-9-6-19(3)20(4)12-23)16-27(32)30(15-24-10-7-21(5)36-24)14-22-8-11-25-26(13-22)35-17-34-25/h6-13,18H,14-17H2,1-5H3,(H,29,33). The highest BCUT2D eigenvalue weighted by molar-refractivity contribution is 5.92. The van der Waals surface area contributed by atoms with Gasteiger partial charge in [-0.1, -0.05) is 12.1 Å². The molecule has 190 valence electrons. The van der Waals surface area contributed by atoms with Crippen molar-refractivity contribution in [2.75, 3.05) is 18.7 Å². The molecule has 0 saturated heterocycles. The molecule has 0 radical (unpaired) electrons. The molecule has 1 aliphatic heterocycles. The van der Waals surface area contributed by atoms with Crippen LogP contribution in [0.2, 0.25) is 0 Å². The van der Waals surface area contributed by atoms with Gasteiger partial charge in [-0.05, 0) is 87.7 Å². The number of nitrogens with one attached hydrogen (secondary N) is 1. The first kappa shape index (κ1) is 25.2. The van der Waals surface area contributed by atoms with Crippen LogP contribution in [0.15, 0.2) is 52.9 Å². The van der Waals surface area contributed by atoms with Gasteiger partial charge in [0.1, 0.15) is 18.1 Å². The summed E-state index contributed by atoms with van der Waals surface area (Å²) < 4.78 is 16.6. The number of aryl methyl sites for hydroxylation is 3. The van der Waals surface area contributed by atoms with E-state index in [1.807, 2.05) is 83.1 Å². The number of carbonyl (C=O) groups is 2. The number of benzene rings is 2. The summed E-state index contributed by atoms with van der Waals surface area (Å²) in [5, 5.41) is 2.93. The van der Waals surface area contributed by atoms with Crippen LogP contribution in [-0.4, -0.2) is 41.1 Å². The molecule has 0 aliphatic carbocycles. The average molecular weight is 492 g/mol. The normalized spacial score (nSPS) is 12.1. The molecule has 2 aromatic carbocycles. The number of ether oxygens (including phenoxy) is 2. The van der Waals surface area contributed by atoms with Crippen molar-refractivity contribution in [1.82, 2.24) is 9.80 Å². The number of urea groups is 1. The van der Waals surface area contributed by atoms with Gasteiger partial charge < -0.3 is 29.0 Å². The highest BCUT2D eigenvalue weighted by Crippen LogP contribution is 2.33. The third-order valence-electron chi connectivity index (χ3n) is 6.25. The van der Waals surface area contributed by atoms with Crippen molar-refractivity contribution < 1.29 is 23.5 Å². The second-order valence-electron chi connectivity index (χ2n) is 9.40. The van der Waals surface area contributed by atoms with Crippen LogP contribution in [0.1, 0.15) is 42.1 Å². The van der Waals surface area contributed by atoms with Gasteiger partial charge in [0.25, 0.3) is 0 Å². The Morgan fingerprint density at radius 2 is 1.69 bits per heavy atom. The maximum absolute atomic E-state index is 13.6. The molecule has 0 spiro atoms. The molecule has 0 unspecified atom stereocenters. The first-order valence-corrected chi connectivity index (χ1v) is 12.1. The number of carbonyl (C=O) groups excluding carboxylic acids is 2. The molecule has 0 atom stereocenters. The molecule has 0 fully saturated rings. The molecule has 0 bridgehead atoms. The third-order valence-corrected chi connectivity index (χ3v) is 6.25. The Morgan fingerprint density at radius 3 is 2.39 bits per heavy atom. The van der Waals surface area contributed by atoms with Crippen molar-refractivity contribution in [3.63, 3.8) is 0 Å². The highest BCUT2D eigenvalue weighted by atomic mass is 16.7. The van der Waals surface area contributed by atoms with Crippen LogP contribution in [0.3, 0.4) is 0 Å². The molecule has 3 aromatic rings. The fourth-order valence-electron chi connectivity index (χ4n) is 4.00. The Kier molecular flexibility index (Phi) is 7.52. The first-order chi connectivity index (χ1) is 17.2. The molecule has 36 heavy (non-hydrogen) atoms. The maximum atomic E-state index is 13.6. The van der Waals surface area contributed by atoms with Gasteiger partial charge in [0.2, 0.25) is 12.7 Å². The Bertz CT molecular complexity index is 1250. The van der Waals surface area contributed by atoms with Gasteiger partial charge in [-0.3, -0.25) is 4.79 Å². The minimum Gasteiger partial charge on any atom is -0.464 e. The Hall–Kier alpha value is -3.94. The first-order valence-electron chi connectivity index (χ1n) is 12.1. The predicted molar refractivity (Wildman–Crippen MR) is 137 cm³/mol. The minimum absolute atomic E-state index is 0.0708. The summed E-state index contributed by atoms with van der Waals surface area (Å²) in [6.07, 6.45) is 0. The van der Waals surface area contributed by atoms with Crippen LogP contribution >= 0.6 is 0 Å². The lowest BCUT2D eigenvalue weighted by molar-refractivity contribution is -0.133. The van der Waals surface area contributed by atoms with E-state index in [-0.39, 0.29) is 37.9 Å². The van der Waals surface area contributed by atoms with E-state index < -0.39 is 0 Å². The monoisotopic (exact) mass is 491 g/mol. The second-order valence-corrected chi connectivity index (χ2v) is 9.40. The van der Waals surface area contributed by atoms with E-state index >= 15 is 0 Å². The van der Waals surface area contributed by atoms with Gasteiger partial charge in [-0.2, -0.15) is 0 Å². The zero-order chi connectivity index (χ0) is 25.8. The van der Waals surface area contributed by atoms with Gasteiger partial charge in [-0.15, -0.1) is 0 Å². The summed E-state index contributed by atoms with van der Waals surface area (Å²) in [5.74, 6) is 2.61. The van der Waals surface area contributed by atoms with Gasteiger partial charge in [0.05, 0.1) is 6.54 Å². The SMILES string of the molecule is Cc1ccc(CN(Cc2ccc3c(c2)OCO3)C(=O)CN(C(=O)Nc2ccc(C)c(C)c2)C(C)C)o1. The van der Waals surface area contributed by atoms with Crippen LogP contribution in [-0.2, 0) is 17.9 Å². The fraction of sp³-hybridized carbons (Fsp3) is 0.357. The van der Waals surface area contributed by atoms with E-state index in [1.165, 1.54) is 4.90 Å². The van der Waals surface area contributed by atoms with Gasteiger partial charge in [0, 0.05) is 18.3 Å². The summed E-state index contributed by atoms with van der Waals surface area (Å²) in [6, 6.07) is 14.6. The second kappa shape index (κ2) is 10.8. The lowest BCUT2D eigenvalue weighted by atomic mass is 10.1. The Labute approximate surface area is 211 Å². The fourth-order valence-corrected chi connectivity index (χ4v) is 4.00. The predicted octanol–water partition coefficient (Wildman–Crippen LogP) is 5.40. The van der Waals surface area contributed by atoms with Crippen molar-refractivity contribution >= 4 is 17.6 Å². The van der Waals surface area contributed by atoms with Crippen molar-refractivity contribution in [3.05, 3.63) is 76.7 Å². The van der Waals surface area contributed by atoms with E-state index in [4.69, 9.17) is 13.9 Å². The number of rotatable bonds is 8. The number of fused-ring (bicyclic) bond motifs is 1. The van der Waals surface area contributed by atoms with Gasteiger partial charge in [0.15, 0.2) is 11.5 Å². The zero-order valence-electron chi connectivity index (χ0n) is 21.5. The number of furan rings is 1. The largest absolute Gasteiger partial charge is 0.464 e. The van der Waals surface area contributed by atoms with E-state index in [0.29, 0.717) is 29.5 Å². The molecule has 8 nitrogen and oxygen atoms in total. The van der Waals surface area contributed by atoms with Crippen molar-refractivity contribution in [2.24, 2.45) is 0 Å². The van der Waals surface area contributed by atoms with Crippen molar-refractivity contribution in [1.29, 1.82) is 0 Å². The Morgan fingerprint density at radius 1 is 0.917 bits per heavy atom. The minimum atomic E-state index is -0.321. The number of hydrogen-bond acceptors (Lipinski definition) is 5. The van der Waals surface area contributed by atoms with E-state index in [9.17, 15) is 9.59 Å². The summed E-state index contributed by atoms with van der Waals surface area (Å²) >= 11 is 0. The van der Waals surface area contributed by atoms with Crippen LogP contribution in [0, 0.1) is 20.8 Å². The molecule has 1 N–H and O–H groups in total. The Balaban J connectivity index is 1.51. The van der Waals surface area contributed by atoms with Crippen LogP contribution in [0.25, 0.3) is 0 Å². The number of hydrogen-bond donors (Lipinski definition) is 1. The smallest absolute Gasteiger partial charge is 0.322 e. The van der Waals surface area contributed by atoms with Gasteiger partial charge in [-0.25, -0.2) is 4.79 Å². The van der Waals surface area contributed by atoms with E-state index in [1.54, 1.807) is 4.90 Å². The van der Waals surface area contributed by atoms with E-state index in [2.05, 4.69) is 5.32 Å². The van der Waals surface area contributed by atoms with Crippen LogP contribution in [0.5, 0.6) is 11.5 Å². The molecular weight excluding hydrogens is 458 g/mol. The lowest BCUT2D eigenvalue weighted by Gasteiger charge is -2.30. The van der Waals surface area contributed by atoms with Crippen LogP contribution < -0.4 is 14.8 Å². The topological polar surface area (TPSA) is 84.2 Å². The summed E-state index contributed by atoms with van der Waals surface area (Å²) in [6.45, 7) is 10.4. The van der Waals surface area contributed by atoms with Crippen molar-refractivity contribution in [2.45, 2.75) is 53.8 Å². The third kappa shape index (κ3) is 6.00. The van der Waals surface area contributed by atoms with Crippen molar-refractivity contribution in [3.8, 4) is 11.5 Å². The molecule has 3 amide bonds. The quantitative estimate of drug-likeness (QED) is 0.456. The summed E-state index contributed by atoms with van der Waals surface area (Å²) in [7, 11) is 0. The van der Waals surface area contributed by atoms with E-state index in [0.717, 1.165) is 22.5 Å². The highest BCUT2D eigenvalue weighted by Gasteiger charge is 2.25. The molecule has 8 heteroatoms. The number of anilines is 1. The maximum Gasteiger partial charge on any atom is 0.322 e. The molecular formula is C28H33N3O5. The van der Waals surface area contributed by atoms with Gasteiger partial charge >= 0.3 is 6.03 Å². The molecule has 2 heterocycles. The number of nitrogens with zero attached hydrogens (tertiary/aromatic N) is 2. The lowest BCUT2D eigenvalue weighted by Crippen LogP contribution is -2.47. The average Bonchev–Trinajstić information content (AvgIpc) is 3.47. The van der Waals surface area contributed by atoms with Crippen LogP contribution in [0.4, 0.5) is 10.5 Å². The molecule has 4 rings (SSSR count). The summed E-state index contributed by atoms with van der Waals surface area (Å²) in [5.41, 5.74) is 3.83. The molecule has 1 aliphatic rings. The number of amides is 3. The molecule has 1 aromatic heterocycles. The zero-order valence-corrected chi connectivity index (χ0v) is 21.5. The molecule has 0 saturated carbocycles. The summed E-state index contributed by atoms with van der Waals surface area (Å²) in [4.78, 5) is 29.9.